The lowest BCUT2D eigenvalue weighted by Crippen LogP contribution is -2.01. The molecule has 3 N–H and O–H groups in total. The molecule has 0 bridgehead atoms. The van der Waals surface area contributed by atoms with E-state index in [2.05, 4.69) is 12.1 Å². The molecule has 0 heterocycles. The highest BCUT2D eigenvalue weighted by Crippen LogP contribution is 2.24. The van der Waals surface area contributed by atoms with Gasteiger partial charge in [0.1, 0.15) is 11.5 Å². The van der Waals surface area contributed by atoms with Crippen molar-refractivity contribution in [3.8, 4) is 11.5 Å². The Morgan fingerprint density at radius 3 is 2.56 bits per heavy atom. The predicted molar refractivity (Wildman–Crippen MR) is 62.2 cm³/mol. The van der Waals surface area contributed by atoms with Crippen LogP contribution >= 0.6 is 0 Å². The minimum Gasteiger partial charge on any atom is -0.508 e. The Kier molecular flexibility index (Phi) is 4.64. The van der Waals surface area contributed by atoms with Gasteiger partial charge in [-0.05, 0) is 25.0 Å². The minimum atomic E-state index is -0.0655. The highest BCUT2D eigenvalue weighted by atomic mass is 16.4. The monoisotopic (exact) mass is 223 g/mol. The molecule has 0 spiro atoms. The van der Waals surface area contributed by atoms with Crippen LogP contribution in [-0.4, -0.2) is 21.1 Å². The Balaban J connectivity index is 2.80. The van der Waals surface area contributed by atoms with Gasteiger partial charge < -0.3 is 15.4 Å². The zero-order valence-corrected chi connectivity index (χ0v) is 9.35. The van der Waals surface area contributed by atoms with E-state index in [1.807, 2.05) is 0 Å². The first-order chi connectivity index (χ1) is 7.69. The molecule has 0 aliphatic rings. The number of rotatable bonds is 5. The SMILES string of the molecule is CCCCC/C(=N\O)c1ccc(O)cc1O. The molecule has 1 rings (SSSR count). The van der Waals surface area contributed by atoms with E-state index >= 15 is 0 Å². The van der Waals surface area contributed by atoms with Gasteiger partial charge in [0.15, 0.2) is 0 Å². The second-order valence-electron chi connectivity index (χ2n) is 3.71. The molecule has 0 saturated heterocycles. The molecule has 0 unspecified atom stereocenters. The van der Waals surface area contributed by atoms with E-state index in [1.165, 1.54) is 12.1 Å². The van der Waals surface area contributed by atoms with Gasteiger partial charge in [-0.2, -0.15) is 0 Å². The molecule has 0 saturated carbocycles. The molecule has 0 amide bonds. The number of phenols is 2. The Morgan fingerprint density at radius 1 is 1.25 bits per heavy atom. The highest BCUT2D eigenvalue weighted by molar-refractivity contribution is 6.02. The smallest absolute Gasteiger partial charge is 0.128 e. The van der Waals surface area contributed by atoms with Crippen LogP contribution in [0.5, 0.6) is 11.5 Å². The molecule has 88 valence electrons. The third kappa shape index (κ3) is 3.15. The fraction of sp³-hybridized carbons (Fsp3) is 0.417. The van der Waals surface area contributed by atoms with Crippen LogP contribution in [0.1, 0.15) is 38.2 Å². The number of benzene rings is 1. The van der Waals surface area contributed by atoms with E-state index in [4.69, 9.17) is 10.3 Å². The first kappa shape index (κ1) is 12.4. The highest BCUT2D eigenvalue weighted by Gasteiger charge is 2.10. The fourth-order valence-electron chi connectivity index (χ4n) is 1.55. The summed E-state index contributed by atoms with van der Waals surface area (Å²) in [6.45, 7) is 2.09. The van der Waals surface area contributed by atoms with E-state index < -0.39 is 0 Å². The zero-order valence-electron chi connectivity index (χ0n) is 9.35. The van der Waals surface area contributed by atoms with Crippen molar-refractivity contribution < 1.29 is 15.4 Å². The number of oxime groups is 1. The standard InChI is InChI=1S/C12H17NO3/c1-2-3-4-5-11(13-16)10-7-6-9(14)8-12(10)15/h6-8,14-16H,2-5H2,1H3/b13-11+. The summed E-state index contributed by atoms with van der Waals surface area (Å²) in [5, 5.41) is 30.8. The van der Waals surface area contributed by atoms with Gasteiger partial charge in [0, 0.05) is 11.6 Å². The first-order valence-corrected chi connectivity index (χ1v) is 5.42. The van der Waals surface area contributed by atoms with Crippen molar-refractivity contribution in [1.82, 2.24) is 0 Å². The molecular weight excluding hydrogens is 206 g/mol. The van der Waals surface area contributed by atoms with Crippen LogP contribution in [0.4, 0.5) is 0 Å². The van der Waals surface area contributed by atoms with Gasteiger partial charge in [-0.15, -0.1) is 0 Å². The third-order valence-electron chi connectivity index (χ3n) is 2.43. The topological polar surface area (TPSA) is 73.1 Å². The molecule has 16 heavy (non-hydrogen) atoms. The van der Waals surface area contributed by atoms with Crippen LogP contribution in [0.15, 0.2) is 23.4 Å². The maximum Gasteiger partial charge on any atom is 0.128 e. The molecule has 0 atom stereocenters. The summed E-state index contributed by atoms with van der Waals surface area (Å²) in [7, 11) is 0. The van der Waals surface area contributed by atoms with Crippen LogP contribution in [0.3, 0.4) is 0 Å². The molecule has 4 heteroatoms. The summed E-state index contributed by atoms with van der Waals surface area (Å²) in [5.41, 5.74) is 0.919. The van der Waals surface area contributed by atoms with Gasteiger partial charge >= 0.3 is 0 Å². The molecule has 0 aliphatic carbocycles. The van der Waals surface area contributed by atoms with E-state index in [9.17, 15) is 5.11 Å². The number of unbranched alkanes of at least 4 members (excludes halogenated alkanes) is 2. The van der Waals surface area contributed by atoms with Gasteiger partial charge in [-0.1, -0.05) is 24.9 Å². The fourth-order valence-corrected chi connectivity index (χ4v) is 1.55. The van der Waals surface area contributed by atoms with Crippen molar-refractivity contribution in [1.29, 1.82) is 0 Å². The number of nitrogens with zero attached hydrogens (tertiary/aromatic N) is 1. The van der Waals surface area contributed by atoms with Crippen LogP contribution in [0.25, 0.3) is 0 Å². The summed E-state index contributed by atoms with van der Waals surface area (Å²) in [5.74, 6) is -0.0728. The van der Waals surface area contributed by atoms with Gasteiger partial charge in [0.2, 0.25) is 0 Å². The van der Waals surface area contributed by atoms with Crippen LogP contribution in [0.2, 0.25) is 0 Å². The maximum atomic E-state index is 9.60. The van der Waals surface area contributed by atoms with Crippen LogP contribution < -0.4 is 0 Å². The van der Waals surface area contributed by atoms with E-state index in [-0.39, 0.29) is 11.5 Å². The van der Waals surface area contributed by atoms with Crippen LogP contribution in [0, 0.1) is 0 Å². The van der Waals surface area contributed by atoms with Crippen molar-refractivity contribution in [2.24, 2.45) is 5.16 Å². The number of phenolic OH excluding ortho intramolecular Hbond substituents is 2. The normalized spacial score (nSPS) is 11.7. The number of hydrogen-bond donors (Lipinski definition) is 3. The molecule has 0 radical (unpaired) electrons. The lowest BCUT2D eigenvalue weighted by atomic mass is 10.0. The molecule has 0 aromatic heterocycles. The Morgan fingerprint density at radius 2 is 2.00 bits per heavy atom. The Hall–Kier alpha value is -1.71. The summed E-state index contributed by atoms with van der Waals surface area (Å²) in [4.78, 5) is 0. The van der Waals surface area contributed by atoms with E-state index in [0.29, 0.717) is 17.7 Å². The Labute approximate surface area is 94.9 Å². The van der Waals surface area contributed by atoms with Crippen LogP contribution in [-0.2, 0) is 0 Å². The first-order valence-electron chi connectivity index (χ1n) is 5.42. The minimum absolute atomic E-state index is 0.00732. The maximum absolute atomic E-state index is 9.60. The average molecular weight is 223 g/mol. The molecule has 0 fully saturated rings. The second-order valence-corrected chi connectivity index (χ2v) is 3.71. The number of hydrogen-bond acceptors (Lipinski definition) is 4. The van der Waals surface area contributed by atoms with Gasteiger partial charge in [0.05, 0.1) is 5.71 Å². The summed E-state index contributed by atoms with van der Waals surface area (Å²) >= 11 is 0. The molecule has 4 nitrogen and oxygen atoms in total. The van der Waals surface area contributed by atoms with Gasteiger partial charge in [-0.3, -0.25) is 0 Å². The lowest BCUT2D eigenvalue weighted by molar-refractivity contribution is 0.317. The molecule has 1 aromatic rings. The molecule has 0 aliphatic heterocycles. The van der Waals surface area contributed by atoms with Gasteiger partial charge in [0.25, 0.3) is 0 Å². The summed E-state index contributed by atoms with van der Waals surface area (Å²) < 4.78 is 0. The van der Waals surface area contributed by atoms with E-state index in [1.54, 1.807) is 6.07 Å². The summed E-state index contributed by atoms with van der Waals surface area (Å²) in [6, 6.07) is 4.24. The van der Waals surface area contributed by atoms with Crippen molar-refractivity contribution in [3.05, 3.63) is 23.8 Å². The van der Waals surface area contributed by atoms with Gasteiger partial charge in [-0.25, -0.2) is 0 Å². The second kappa shape index (κ2) is 6.00. The average Bonchev–Trinajstić information content (AvgIpc) is 2.26. The number of aromatic hydroxyl groups is 2. The molecule has 1 aromatic carbocycles. The van der Waals surface area contributed by atoms with Crippen molar-refractivity contribution in [2.45, 2.75) is 32.6 Å². The Bertz CT molecular complexity index is 375. The molecular formula is C12H17NO3. The van der Waals surface area contributed by atoms with Crippen molar-refractivity contribution >= 4 is 5.71 Å². The summed E-state index contributed by atoms with van der Waals surface area (Å²) in [6.07, 6.45) is 3.66. The van der Waals surface area contributed by atoms with Crippen molar-refractivity contribution in [3.63, 3.8) is 0 Å². The van der Waals surface area contributed by atoms with Crippen molar-refractivity contribution in [2.75, 3.05) is 0 Å². The predicted octanol–water partition coefficient (Wildman–Crippen LogP) is 2.86. The largest absolute Gasteiger partial charge is 0.508 e. The quantitative estimate of drug-likeness (QED) is 0.311. The third-order valence-corrected chi connectivity index (χ3v) is 2.43. The van der Waals surface area contributed by atoms with E-state index in [0.717, 1.165) is 19.3 Å². The zero-order chi connectivity index (χ0) is 12.0. The lowest BCUT2D eigenvalue weighted by Gasteiger charge is -2.06.